The van der Waals surface area contributed by atoms with Crippen molar-refractivity contribution in [2.75, 3.05) is 18.5 Å². The van der Waals surface area contributed by atoms with Crippen molar-refractivity contribution >= 4 is 23.7 Å². The number of carbonyl (C=O) groups is 3. The summed E-state index contributed by atoms with van der Waals surface area (Å²) in [4.78, 5) is 35.4. The van der Waals surface area contributed by atoms with Crippen molar-refractivity contribution in [2.24, 2.45) is 11.8 Å². The summed E-state index contributed by atoms with van der Waals surface area (Å²) in [6.07, 6.45) is 1.94. The first kappa shape index (κ1) is 18.8. The number of carboxylic acid groups (broad SMARTS) is 2. The number of nitrogens with zero attached hydrogens (tertiary/aromatic N) is 1. The van der Waals surface area contributed by atoms with E-state index in [1.807, 2.05) is 0 Å². The number of para-hydroxylation sites is 1. The van der Waals surface area contributed by atoms with Gasteiger partial charge in [-0.15, -0.1) is 0 Å². The van der Waals surface area contributed by atoms with Crippen LogP contribution in [0.3, 0.4) is 0 Å². The summed E-state index contributed by atoms with van der Waals surface area (Å²) in [6.45, 7) is 0.530. The van der Waals surface area contributed by atoms with E-state index in [0.717, 1.165) is 17.7 Å². The number of hydrogen-bond donors (Lipinski definition) is 3. The van der Waals surface area contributed by atoms with E-state index in [9.17, 15) is 14.4 Å². The molecule has 0 aliphatic heterocycles. The van der Waals surface area contributed by atoms with E-state index < -0.39 is 12.1 Å². The maximum Gasteiger partial charge on any atom is 0.411 e. The third-order valence-corrected chi connectivity index (χ3v) is 4.77. The minimum absolute atomic E-state index is 0.109. The summed E-state index contributed by atoms with van der Waals surface area (Å²) in [5.41, 5.74) is 1.15. The molecule has 0 heterocycles. The standard InChI is InChI=1S/C18H24N2O5/c1-20(18(24)25)15-5-3-2-4-14(15)10-16(21)19-11-12-6-8-13(9-7-12)17(22)23/h2-5,12-13H,6-11H2,1H3,(H,19,21)(H,22,23)(H,24,25)/t12-,13-. The molecule has 7 nitrogen and oxygen atoms in total. The Morgan fingerprint density at radius 1 is 1.12 bits per heavy atom. The number of amides is 2. The first-order valence-electron chi connectivity index (χ1n) is 8.42. The van der Waals surface area contributed by atoms with Crippen molar-refractivity contribution in [2.45, 2.75) is 32.1 Å². The first-order chi connectivity index (χ1) is 11.9. The number of rotatable bonds is 6. The molecule has 1 aromatic carbocycles. The number of carboxylic acids is 1. The molecule has 2 rings (SSSR count). The Bertz CT molecular complexity index is 638. The summed E-state index contributed by atoms with van der Waals surface area (Å²) >= 11 is 0. The molecule has 3 N–H and O–H groups in total. The van der Waals surface area contributed by atoms with Crippen LogP contribution in [0.15, 0.2) is 24.3 Å². The summed E-state index contributed by atoms with van der Waals surface area (Å²) in [5, 5.41) is 21.0. The van der Waals surface area contributed by atoms with Gasteiger partial charge >= 0.3 is 12.1 Å². The van der Waals surface area contributed by atoms with E-state index in [1.54, 1.807) is 24.3 Å². The predicted octanol–water partition coefficient (Wildman–Crippen LogP) is 2.35. The molecule has 136 valence electrons. The summed E-state index contributed by atoms with van der Waals surface area (Å²) < 4.78 is 0. The molecule has 0 saturated heterocycles. The molecule has 7 heteroatoms. The second-order valence-corrected chi connectivity index (χ2v) is 6.51. The molecular weight excluding hydrogens is 324 g/mol. The number of carbonyl (C=O) groups excluding carboxylic acids is 1. The van der Waals surface area contributed by atoms with Gasteiger partial charge in [0, 0.05) is 13.6 Å². The molecule has 25 heavy (non-hydrogen) atoms. The molecule has 0 unspecified atom stereocenters. The molecule has 0 spiro atoms. The quantitative estimate of drug-likeness (QED) is 0.731. The van der Waals surface area contributed by atoms with Crippen LogP contribution in [0.2, 0.25) is 0 Å². The fourth-order valence-electron chi connectivity index (χ4n) is 3.20. The van der Waals surface area contributed by atoms with Gasteiger partial charge in [0.2, 0.25) is 5.91 Å². The van der Waals surface area contributed by atoms with Crippen LogP contribution < -0.4 is 10.2 Å². The highest BCUT2D eigenvalue weighted by Gasteiger charge is 2.26. The molecule has 1 fully saturated rings. The zero-order valence-electron chi connectivity index (χ0n) is 14.3. The van der Waals surface area contributed by atoms with E-state index in [-0.39, 0.29) is 18.2 Å². The minimum atomic E-state index is -1.08. The van der Waals surface area contributed by atoms with Gasteiger partial charge in [0.25, 0.3) is 0 Å². The number of aliphatic carboxylic acids is 1. The van der Waals surface area contributed by atoms with Crippen molar-refractivity contribution in [1.82, 2.24) is 5.32 Å². The second-order valence-electron chi connectivity index (χ2n) is 6.51. The largest absolute Gasteiger partial charge is 0.481 e. The lowest BCUT2D eigenvalue weighted by molar-refractivity contribution is -0.143. The molecule has 0 radical (unpaired) electrons. The maximum atomic E-state index is 12.2. The summed E-state index contributed by atoms with van der Waals surface area (Å²) in [6, 6.07) is 6.92. The Hall–Kier alpha value is -2.57. The molecular formula is C18H24N2O5. The lowest BCUT2D eigenvalue weighted by Gasteiger charge is -2.26. The fraction of sp³-hybridized carbons (Fsp3) is 0.500. The molecule has 0 atom stereocenters. The van der Waals surface area contributed by atoms with E-state index in [0.29, 0.717) is 36.6 Å². The summed E-state index contributed by atoms with van der Waals surface area (Å²) in [7, 11) is 1.44. The van der Waals surface area contributed by atoms with Gasteiger partial charge in [-0.1, -0.05) is 18.2 Å². The monoisotopic (exact) mass is 348 g/mol. The van der Waals surface area contributed by atoms with Gasteiger partial charge in [0.15, 0.2) is 0 Å². The zero-order chi connectivity index (χ0) is 18.4. The lowest BCUT2D eigenvalue weighted by Crippen LogP contribution is -2.33. The Labute approximate surface area is 146 Å². The summed E-state index contributed by atoms with van der Waals surface area (Å²) in [5.74, 6) is -0.852. The van der Waals surface area contributed by atoms with Crippen molar-refractivity contribution in [3.63, 3.8) is 0 Å². The van der Waals surface area contributed by atoms with Crippen LogP contribution in [0.25, 0.3) is 0 Å². The second kappa shape index (κ2) is 8.50. The smallest absolute Gasteiger partial charge is 0.411 e. The van der Waals surface area contributed by atoms with Crippen LogP contribution in [0.4, 0.5) is 10.5 Å². The molecule has 0 bridgehead atoms. The highest BCUT2D eigenvalue weighted by molar-refractivity contribution is 5.88. The molecule has 0 aromatic heterocycles. The first-order valence-corrected chi connectivity index (χ1v) is 8.42. The number of nitrogens with one attached hydrogen (secondary N) is 1. The van der Waals surface area contributed by atoms with Gasteiger partial charge in [-0.05, 0) is 43.2 Å². The molecule has 1 aliphatic carbocycles. The SMILES string of the molecule is CN(C(=O)O)c1ccccc1CC(=O)NC[C@H]1CC[C@H](C(=O)O)CC1. The van der Waals surface area contributed by atoms with Crippen LogP contribution in [0.1, 0.15) is 31.2 Å². The Morgan fingerprint density at radius 2 is 1.76 bits per heavy atom. The van der Waals surface area contributed by atoms with Crippen LogP contribution in [-0.4, -0.2) is 41.8 Å². The van der Waals surface area contributed by atoms with Crippen molar-refractivity contribution in [3.8, 4) is 0 Å². The van der Waals surface area contributed by atoms with Crippen LogP contribution in [-0.2, 0) is 16.0 Å². The Balaban J connectivity index is 1.85. The molecule has 1 aliphatic rings. The van der Waals surface area contributed by atoms with Gasteiger partial charge in [-0.3, -0.25) is 14.5 Å². The van der Waals surface area contributed by atoms with Crippen LogP contribution >= 0.6 is 0 Å². The lowest BCUT2D eigenvalue weighted by atomic mass is 9.82. The predicted molar refractivity (Wildman–Crippen MR) is 92.7 cm³/mol. The van der Waals surface area contributed by atoms with Gasteiger partial charge in [-0.25, -0.2) is 4.79 Å². The van der Waals surface area contributed by atoms with Crippen LogP contribution in [0, 0.1) is 11.8 Å². The number of benzene rings is 1. The topological polar surface area (TPSA) is 107 Å². The zero-order valence-corrected chi connectivity index (χ0v) is 14.3. The van der Waals surface area contributed by atoms with Gasteiger partial charge < -0.3 is 15.5 Å². The minimum Gasteiger partial charge on any atom is -0.481 e. The number of anilines is 1. The average molecular weight is 348 g/mol. The van der Waals surface area contributed by atoms with Gasteiger partial charge in [0.05, 0.1) is 18.0 Å². The molecule has 1 aromatic rings. The molecule has 1 saturated carbocycles. The van der Waals surface area contributed by atoms with E-state index >= 15 is 0 Å². The van der Waals surface area contributed by atoms with E-state index in [1.165, 1.54) is 7.05 Å². The van der Waals surface area contributed by atoms with E-state index in [2.05, 4.69) is 5.32 Å². The van der Waals surface area contributed by atoms with Crippen LogP contribution in [0.5, 0.6) is 0 Å². The third kappa shape index (κ3) is 5.20. The Kier molecular flexibility index (Phi) is 6.38. The molecule has 2 amide bonds. The number of hydrogen-bond acceptors (Lipinski definition) is 3. The highest BCUT2D eigenvalue weighted by atomic mass is 16.4. The highest BCUT2D eigenvalue weighted by Crippen LogP contribution is 2.28. The normalized spacial score (nSPS) is 19.9. The van der Waals surface area contributed by atoms with Gasteiger partial charge in [0.1, 0.15) is 0 Å². The van der Waals surface area contributed by atoms with Gasteiger partial charge in [-0.2, -0.15) is 0 Å². The fourth-order valence-corrected chi connectivity index (χ4v) is 3.20. The van der Waals surface area contributed by atoms with E-state index in [4.69, 9.17) is 10.2 Å². The van der Waals surface area contributed by atoms with Crippen molar-refractivity contribution in [3.05, 3.63) is 29.8 Å². The third-order valence-electron chi connectivity index (χ3n) is 4.77. The van der Waals surface area contributed by atoms with Crippen molar-refractivity contribution < 1.29 is 24.6 Å². The maximum absolute atomic E-state index is 12.2. The average Bonchev–Trinajstić information content (AvgIpc) is 2.60. The Morgan fingerprint density at radius 3 is 2.36 bits per heavy atom. The van der Waals surface area contributed by atoms with Crippen molar-refractivity contribution in [1.29, 1.82) is 0 Å².